The molecule has 14 heavy (non-hydrogen) atoms. The number of pyridine rings is 1. The molecule has 1 aromatic rings. The number of aliphatic carboxylic acids is 1. The Bertz CT molecular complexity index is 357. The van der Waals surface area contributed by atoms with Crippen LogP contribution in [0.5, 0.6) is 0 Å². The molecular formula is C8H6BrF2NO2. The molecule has 0 bridgehead atoms. The van der Waals surface area contributed by atoms with E-state index in [1.54, 1.807) is 0 Å². The van der Waals surface area contributed by atoms with Crippen molar-refractivity contribution in [2.75, 3.05) is 0 Å². The number of carbonyl (C=O) groups is 1. The van der Waals surface area contributed by atoms with Gasteiger partial charge in [-0.1, -0.05) is 0 Å². The van der Waals surface area contributed by atoms with Crippen LogP contribution in [0, 0.1) is 0 Å². The lowest BCUT2D eigenvalue weighted by Crippen LogP contribution is -2.03. The SMILES string of the molecule is O=C(O)Cc1cc(C(F)F)ncc1Br. The smallest absolute Gasteiger partial charge is 0.307 e. The third kappa shape index (κ3) is 2.73. The molecule has 0 spiro atoms. The summed E-state index contributed by atoms with van der Waals surface area (Å²) in [6, 6.07) is 1.09. The monoisotopic (exact) mass is 265 g/mol. The van der Waals surface area contributed by atoms with E-state index in [-0.39, 0.29) is 6.42 Å². The maximum atomic E-state index is 12.2. The van der Waals surface area contributed by atoms with Crippen molar-refractivity contribution in [1.29, 1.82) is 0 Å². The molecule has 0 unspecified atom stereocenters. The van der Waals surface area contributed by atoms with E-state index in [1.165, 1.54) is 6.20 Å². The predicted molar refractivity (Wildman–Crippen MR) is 48.2 cm³/mol. The third-order valence-electron chi connectivity index (χ3n) is 1.52. The predicted octanol–water partition coefficient (Wildman–Crippen LogP) is 2.41. The molecule has 0 radical (unpaired) electrons. The minimum absolute atomic E-state index is 0.294. The summed E-state index contributed by atoms with van der Waals surface area (Å²) in [6.45, 7) is 0. The highest BCUT2D eigenvalue weighted by molar-refractivity contribution is 9.10. The average molecular weight is 266 g/mol. The summed E-state index contributed by atoms with van der Waals surface area (Å²) in [4.78, 5) is 13.8. The van der Waals surface area contributed by atoms with Gasteiger partial charge < -0.3 is 5.11 Å². The quantitative estimate of drug-likeness (QED) is 0.913. The molecule has 0 fully saturated rings. The zero-order valence-corrected chi connectivity index (χ0v) is 8.46. The van der Waals surface area contributed by atoms with Gasteiger partial charge in [-0.2, -0.15) is 0 Å². The normalized spacial score (nSPS) is 10.6. The molecular weight excluding hydrogens is 260 g/mol. The van der Waals surface area contributed by atoms with E-state index in [2.05, 4.69) is 20.9 Å². The van der Waals surface area contributed by atoms with Crippen LogP contribution in [0.25, 0.3) is 0 Å². The minimum atomic E-state index is -2.68. The van der Waals surface area contributed by atoms with Crippen molar-refractivity contribution < 1.29 is 18.7 Å². The van der Waals surface area contributed by atoms with Crippen LogP contribution in [-0.2, 0) is 11.2 Å². The van der Waals surface area contributed by atoms with Gasteiger partial charge in [-0.3, -0.25) is 9.78 Å². The zero-order valence-electron chi connectivity index (χ0n) is 6.88. The van der Waals surface area contributed by atoms with Gasteiger partial charge in [0.25, 0.3) is 6.43 Å². The fourth-order valence-corrected chi connectivity index (χ4v) is 1.27. The van der Waals surface area contributed by atoms with Crippen molar-refractivity contribution >= 4 is 21.9 Å². The highest BCUT2D eigenvalue weighted by atomic mass is 79.9. The molecule has 0 aliphatic carbocycles. The Labute approximate surface area is 86.9 Å². The van der Waals surface area contributed by atoms with Crippen LogP contribution in [0.15, 0.2) is 16.7 Å². The molecule has 76 valence electrons. The fourth-order valence-electron chi connectivity index (χ4n) is 0.917. The van der Waals surface area contributed by atoms with Gasteiger partial charge in [-0.25, -0.2) is 8.78 Å². The Balaban J connectivity index is 3.02. The first kappa shape index (κ1) is 11.0. The topological polar surface area (TPSA) is 50.2 Å². The molecule has 1 rings (SSSR count). The van der Waals surface area contributed by atoms with Crippen LogP contribution >= 0.6 is 15.9 Å². The lowest BCUT2D eigenvalue weighted by atomic mass is 10.2. The van der Waals surface area contributed by atoms with E-state index in [4.69, 9.17) is 5.11 Å². The number of alkyl halides is 2. The number of nitrogens with zero attached hydrogens (tertiary/aromatic N) is 1. The molecule has 1 aromatic heterocycles. The lowest BCUT2D eigenvalue weighted by Gasteiger charge is -2.03. The third-order valence-corrected chi connectivity index (χ3v) is 2.24. The number of hydrogen-bond donors (Lipinski definition) is 1. The van der Waals surface area contributed by atoms with E-state index in [0.717, 1.165) is 6.07 Å². The van der Waals surface area contributed by atoms with Crippen LogP contribution < -0.4 is 0 Å². The van der Waals surface area contributed by atoms with Crippen molar-refractivity contribution in [2.45, 2.75) is 12.8 Å². The molecule has 0 atom stereocenters. The summed E-state index contributed by atoms with van der Waals surface area (Å²) in [6.07, 6.45) is -1.81. The first-order chi connectivity index (χ1) is 6.50. The Hall–Kier alpha value is -1.04. The minimum Gasteiger partial charge on any atom is -0.481 e. The average Bonchev–Trinajstić information content (AvgIpc) is 2.07. The van der Waals surface area contributed by atoms with E-state index >= 15 is 0 Å². The maximum Gasteiger partial charge on any atom is 0.307 e. The molecule has 0 amide bonds. The summed E-state index contributed by atoms with van der Waals surface area (Å²) in [7, 11) is 0. The second kappa shape index (κ2) is 4.45. The highest BCUT2D eigenvalue weighted by Gasteiger charge is 2.12. The fraction of sp³-hybridized carbons (Fsp3) is 0.250. The molecule has 0 aromatic carbocycles. The van der Waals surface area contributed by atoms with Crippen molar-refractivity contribution in [3.05, 3.63) is 28.0 Å². The Morgan fingerprint density at radius 3 is 2.79 bits per heavy atom. The van der Waals surface area contributed by atoms with Crippen LogP contribution in [-0.4, -0.2) is 16.1 Å². The molecule has 0 saturated carbocycles. The second-order valence-corrected chi connectivity index (χ2v) is 3.43. The van der Waals surface area contributed by atoms with Crippen LogP contribution in [0.4, 0.5) is 8.78 Å². The van der Waals surface area contributed by atoms with Crippen molar-refractivity contribution in [1.82, 2.24) is 4.98 Å². The van der Waals surface area contributed by atoms with Gasteiger partial charge in [0.1, 0.15) is 5.69 Å². The van der Waals surface area contributed by atoms with Gasteiger partial charge in [-0.05, 0) is 27.6 Å². The summed E-state index contributed by atoms with van der Waals surface area (Å²) in [5, 5.41) is 8.49. The summed E-state index contributed by atoms with van der Waals surface area (Å²) >= 11 is 3.04. The Morgan fingerprint density at radius 2 is 2.29 bits per heavy atom. The van der Waals surface area contributed by atoms with Crippen LogP contribution in [0.2, 0.25) is 0 Å². The van der Waals surface area contributed by atoms with Crippen LogP contribution in [0.3, 0.4) is 0 Å². The van der Waals surface area contributed by atoms with Gasteiger partial charge in [0, 0.05) is 10.7 Å². The van der Waals surface area contributed by atoms with Crippen molar-refractivity contribution in [3.63, 3.8) is 0 Å². The number of rotatable bonds is 3. The molecule has 1 N–H and O–H groups in total. The molecule has 0 saturated heterocycles. The van der Waals surface area contributed by atoms with Gasteiger partial charge in [0.15, 0.2) is 0 Å². The number of halogens is 3. The first-order valence-electron chi connectivity index (χ1n) is 3.65. The van der Waals surface area contributed by atoms with Gasteiger partial charge in [0.05, 0.1) is 6.42 Å². The van der Waals surface area contributed by atoms with Gasteiger partial charge in [-0.15, -0.1) is 0 Å². The second-order valence-electron chi connectivity index (χ2n) is 2.57. The molecule has 6 heteroatoms. The highest BCUT2D eigenvalue weighted by Crippen LogP contribution is 2.22. The number of aromatic nitrogens is 1. The Kier molecular flexibility index (Phi) is 3.51. The molecule has 0 aliphatic rings. The summed E-state index contributed by atoms with van der Waals surface area (Å²) in [5.74, 6) is -1.07. The van der Waals surface area contributed by atoms with Gasteiger partial charge in [0.2, 0.25) is 0 Å². The summed E-state index contributed by atoms with van der Waals surface area (Å²) < 4.78 is 24.8. The van der Waals surface area contributed by atoms with Crippen LogP contribution in [0.1, 0.15) is 17.7 Å². The standard InChI is InChI=1S/C8H6BrF2NO2/c9-5-3-12-6(8(10)11)1-4(5)2-7(13)14/h1,3,8H,2H2,(H,13,14). The zero-order chi connectivity index (χ0) is 10.7. The van der Waals surface area contributed by atoms with E-state index < -0.39 is 18.1 Å². The largest absolute Gasteiger partial charge is 0.481 e. The van der Waals surface area contributed by atoms with Crippen molar-refractivity contribution in [3.8, 4) is 0 Å². The van der Waals surface area contributed by atoms with Gasteiger partial charge >= 0.3 is 5.97 Å². The number of carboxylic acid groups (broad SMARTS) is 1. The molecule has 0 aliphatic heterocycles. The molecule has 1 heterocycles. The van der Waals surface area contributed by atoms with E-state index in [0.29, 0.717) is 10.0 Å². The number of carboxylic acids is 1. The Morgan fingerprint density at radius 1 is 1.64 bits per heavy atom. The van der Waals surface area contributed by atoms with E-state index in [1.807, 2.05) is 0 Å². The maximum absolute atomic E-state index is 12.2. The number of hydrogen-bond acceptors (Lipinski definition) is 2. The summed E-state index contributed by atoms with van der Waals surface area (Å²) in [5.41, 5.74) is -0.118. The first-order valence-corrected chi connectivity index (χ1v) is 4.44. The van der Waals surface area contributed by atoms with Crippen molar-refractivity contribution in [2.24, 2.45) is 0 Å². The molecule has 3 nitrogen and oxygen atoms in total. The van der Waals surface area contributed by atoms with E-state index in [9.17, 15) is 13.6 Å². The lowest BCUT2D eigenvalue weighted by molar-refractivity contribution is -0.136.